The highest BCUT2D eigenvalue weighted by Crippen LogP contribution is 2.31. The first-order valence-corrected chi connectivity index (χ1v) is 13.7. The van der Waals surface area contributed by atoms with Crippen LogP contribution in [-0.2, 0) is 4.79 Å². The summed E-state index contributed by atoms with van der Waals surface area (Å²) >= 11 is 7.65. The first-order chi connectivity index (χ1) is 17.4. The summed E-state index contributed by atoms with van der Waals surface area (Å²) in [5, 5.41) is 6.69. The van der Waals surface area contributed by atoms with Crippen molar-refractivity contribution in [2.75, 3.05) is 36.1 Å². The first kappa shape index (κ1) is 26.0. The molecule has 0 radical (unpaired) electrons. The highest BCUT2D eigenvalue weighted by molar-refractivity contribution is 7.98. The Balaban J connectivity index is 1.36. The molecule has 1 aliphatic rings. The number of hydrogen-bond donors (Lipinski definition) is 2. The highest BCUT2D eigenvalue weighted by atomic mass is 35.5. The van der Waals surface area contributed by atoms with Crippen LogP contribution in [0.15, 0.2) is 71.8 Å². The lowest BCUT2D eigenvalue weighted by Crippen LogP contribution is -2.40. The lowest BCUT2D eigenvalue weighted by atomic mass is 9.95. The summed E-state index contributed by atoms with van der Waals surface area (Å²) in [6.45, 7) is 4.22. The topological polar surface area (TPSA) is 74.3 Å². The Kier molecular flexibility index (Phi) is 8.88. The van der Waals surface area contributed by atoms with Gasteiger partial charge in [-0.05, 0) is 61.8 Å². The summed E-state index contributed by atoms with van der Waals surface area (Å²) < 4.78 is 0. The van der Waals surface area contributed by atoms with Gasteiger partial charge >= 0.3 is 0 Å². The quantitative estimate of drug-likeness (QED) is 0.363. The van der Waals surface area contributed by atoms with Crippen LogP contribution >= 0.6 is 23.4 Å². The van der Waals surface area contributed by atoms with E-state index in [4.69, 9.17) is 11.6 Å². The van der Waals surface area contributed by atoms with E-state index < -0.39 is 0 Å². The number of amides is 2. The van der Waals surface area contributed by atoms with Crippen molar-refractivity contribution < 1.29 is 9.59 Å². The van der Waals surface area contributed by atoms with E-state index in [9.17, 15) is 9.59 Å². The molecule has 1 fully saturated rings. The molecule has 2 heterocycles. The van der Waals surface area contributed by atoms with Crippen LogP contribution in [-0.4, -0.2) is 42.7 Å². The molecular weight excluding hydrogens is 492 g/mol. The maximum Gasteiger partial charge on any atom is 0.255 e. The Bertz CT molecular complexity index is 1200. The Labute approximate surface area is 221 Å². The summed E-state index contributed by atoms with van der Waals surface area (Å²) in [7, 11) is 0. The number of nitrogens with zero attached hydrogens (tertiary/aromatic N) is 2. The van der Waals surface area contributed by atoms with Crippen LogP contribution in [0, 0.1) is 5.92 Å². The van der Waals surface area contributed by atoms with Crippen molar-refractivity contribution in [1.82, 2.24) is 10.3 Å². The molecule has 1 aliphatic heterocycles. The largest absolute Gasteiger partial charge is 0.355 e. The molecule has 1 atom stereocenters. The Morgan fingerprint density at radius 1 is 1.11 bits per heavy atom. The molecule has 0 saturated carbocycles. The molecule has 3 aromatic rings. The Morgan fingerprint density at radius 2 is 1.86 bits per heavy atom. The van der Waals surface area contributed by atoms with Gasteiger partial charge in [-0.1, -0.05) is 48.0 Å². The fourth-order valence-electron chi connectivity index (χ4n) is 4.36. The van der Waals surface area contributed by atoms with Crippen LogP contribution in [0.3, 0.4) is 0 Å². The molecule has 2 N–H and O–H groups in total. The number of anilines is 2. The van der Waals surface area contributed by atoms with Gasteiger partial charge in [-0.3, -0.25) is 9.59 Å². The molecule has 0 bridgehead atoms. The summed E-state index contributed by atoms with van der Waals surface area (Å²) in [6, 6.07) is 18.7. The zero-order chi connectivity index (χ0) is 25.5. The third-order valence-electron chi connectivity index (χ3n) is 6.58. The molecular formula is C28H31ClN4O2S. The Morgan fingerprint density at radius 3 is 2.56 bits per heavy atom. The third kappa shape index (κ3) is 6.59. The average Bonchev–Trinajstić information content (AvgIpc) is 2.92. The minimum atomic E-state index is -0.219. The van der Waals surface area contributed by atoms with Crippen LogP contribution in [0.5, 0.6) is 0 Å². The summed E-state index contributed by atoms with van der Waals surface area (Å²) in [5.74, 6) is 0.843. The molecule has 1 unspecified atom stereocenters. The SMILES string of the molecule is CSc1cnc(N2CCC(CNC(=O)C(C)c3ccccc3)CC2)c(NC(=O)c2cccc(Cl)c2)c1. The third-order valence-corrected chi connectivity index (χ3v) is 7.51. The molecule has 36 heavy (non-hydrogen) atoms. The van der Waals surface area contributed by atoms with Crippen LogP contribution < -0.4 is 15.5 Å². The summed E-state index contributed by atoms with van der Waals surface area (Å²) in [5.41, 5.74) is 2.22. The molecule has 2 amide bonds. The lowest BCUT2D eigenvalue weighted by Gasteiger charge is -2.34. The van der Waals surface area contributed by atoms with Gasteiger partial charge < -0.3 is 15.5 Å². The first-order valence-electron chi connectivity index (χ1n) is 12.1. The number of carbonyl (C=O) groups is 2. The molecule has 8 heteroatoms. The van der Waals surface area contributed by atoms with Gasteiger partial charge in [0.2, 0.25) is 5.91 Å². The maximum absolute atomic E-state index is 12.9. The van der Waals surface area contributed by atoms with Gasteiger partial charge in [0.25, 0.3) is 5.91 Å². The molecule has 1 saturated heterocycles. The molecule has 4 rings (SSSR count). The second kappa shape index (κ2) is 12.3. The molecule has 0 spiro atoms. The zero-order valence-electron chi connectivity index (χ0n) is 20.5. The number of nitrogens with one attached hydrogen (secondary N) is 2. The van der Waals surface area contributed by atoms with Crippen molar-refractivity contribution in [3.63, 3.8) is 0 Å². The number of pyridine rings is 1. The minimum Gasteiger partial charge on any atom is -0.355 e. The summed E-state index contributed by atoms with van der Waals surface area (Å²) in [6.07, 6.45) is 5.70. The predicted molar refractivity (Wildman–Crippen MR) is 148 cm³/mol. The number of benzene rings is 2. The van der Waals surface area contributed by atoms with Crippen molar-refractivity contribution in [3.8, 4) is 0 Å². The molecule has 2 aromatic carbocycles. The second-order valence-corrected chi connectivity index (χ2v) is 10.3. The van der Waals surface area contributed by atoms with Crippen molar-refractivity contribution in [3.05, 3.63) is 83.0 Å². The minimum absolute atomic E-state index is 0.0592. The predicted octanol–water partition coefficient (Wildman–Crippen LogP) is 5.85. The van der Waals surface area contributed by atoms with Crippen molar-refractivity contribution >= 4 is 46.7 Å². The van der Waals surface area contributed by atoms with Crippen molar-refractivity contribution in [2.45, 2.75) is 30.6 Å². The number of piperidine rings is 1. The van der Waals surface area contributed by atoms with Crippen LogP contribution in [0.2, 0.25) is 5.02 Å². The van der Waals surface area contributed by atoms with E-state index in [-0.39, 0.29) is 17.7 Å². The van der Waals surface area contributed by atoms with Gasteiger partial charge in [0.05, 0.1) is 11.6 Å². The van der Waals surface area contributed by atoms with Crippen LogP contribution in [0.4, 0.5) is 11.5 Å². The van der Waals surface area contributed by atoms with Crippen LogP contribution in [0.25, 0.3) is 0 Å². The Hall–Kier alpha value is -3.03. The highest BCUT2D eigenvalue weighted by Gasteiger charge is 2.24. The monoisotopic (exact) mass is 522 g/mol. The molecule has 188 valence electrons. The van der Waals surface area contributed by atoms with Crippen LogP contribution in [0.1, 0.15) is 41.6 Å². The fourth-order valence-corrected chi connectivity index (χ4v) is 4.94. The lowest BCUT2D eigenvalue weighted by molar-refractivity contribution is -0.122. The van der Waals surface area contributed by atoms with Gasteiger partial charge in [-0.25, -0.2) is 4.98 Å². The maximum atomic E-state index is 12.9. The second-order valence-electron chi connectivity index (χ2n) is 9.02. The van der Waals surface area contributed by atoms with Gasteiger partial charge in [0.15, 0.2) is 5.82 Å². The van der Waals surface area contributed by atoms with E-state index >= 15 is 0 Å². The number of carbonyl (C=O) groups excluding carboxylic acids is 2. The van der Waals surface area contributed by atoms with E-state index in [0.717, 1.165) is 42.2 Å². The number of rotatable bonds is 8. The van der Waals surface area contributed by atoms with Crippen molar-refractivity contribution in [2.24, 2.45) is 5.92 Å². The molecule has 1 aromatic heterocycles. The number of thioether (sulfide) groups is 1. The van der Waals surface area contributed by atoms with E-state index in [0.29, 0.717) is 28.7 Å². The number of hydrogen-bond acceptors (Lipinski definition) is 5. The van der Waals surface area contributed by atoms with Gasteiger partial charge in [-0.15, -0.1) is 11.8 Å². The zero-order valence-corrected chi connectivity index (χ0v) is 22.1. The normalized spacial score (nSPS) is 14.8. The number of halogens is 1. The summed E-state index contributed by atoms with van der Waals surface area (Å²) in [4.78, 5) is 33.4. The smallest absolute Gasteiger partial charge is 0.255 e. The molecule has 6 nitrogen and oxygen atoms in total. The van der Waals surface area contributed by atoms with E-state index in [1.54, 1.807) is 36.0 Å². The fraction of sp³-hybridized carbons (Fsp3) is 0.321. The van der Waals surface area contributed by atoms with E-state index in [1.807, 2.05) is 55.8 Å². The van der Waals surface area contributed by atoms with Crippen molar-refractivity contribution in [1.29, 1.82) is 0 Å². The van der Waals surface area contributed by atoms with E-state index in [1.165, 1.54) is 0 Å². The molecule has 0 aliphatic carbocycles. The van der Waals surface area contributed by atoms with Gasteiger partial charge in [0.1, 0.15) is 0 Å². The van der Waals surface area contributed by atoms with E-state index in [2.05, 4.69) is 20.5 Å². The average molecular weight is 523 g/mol. The number of aromatic nitrogens is 1. The van der Waals surface area contributed by atoms with Gasteiger partial charge in [0, 0.05) is 41.3 Å². The van der Waals surface area contributed by atoms with Gasteiger partial charge in [-0.2, -0.15) is 0 Å². The standard InChI is InChI=1S/C28H31ClN4O2S/c1-19(21-7-4-3-5-8-21)27(34)31-17-20-11-13-33(14-12-20)26-25(16-24(36-2)18-30-26)32-28(35)22-9-6-10-23(29)15-22/h3-10,15-16,18-20H,11-14,17H2,1-2H3,(H,31,34)(H,32,35).